The van der Waals surface area contributed by atoms with Crippen molar-refractivity contribution in [3.63, 3.8) is 0 Å². The van der Waals surface area contributed by atoms with Crippen LogP contribution in [0, 0.1) is 5.92 Å². The molecular formula is C23H28F2N8O3S2. The van der Waals surface area contributed by atoms with Crippen molar-refractivity contribution in [2.45, 2.75) is 36.6 Å². The molecule has 38 heavy (non-hydrogen) atoms. The highest BCUT2D eigenvalue weighted by Crippen LogP contribution is 2.37. The van der Waals surface area contributed by atoms with Gasteiger partial charge in [-0.1, -0.05) is 11.3 Å². The molecule has 2 saturated heterocycles. The highest BCUT2D eigenvalue weighted by Gasteiger charge is 2.42. The zero-order valence-electron chi connectivity index (χ0n) is 21.0. The lowest BCUT2D eigenvalue weighted by molar-refractivity contribution is -0.140. The number of sulfonamides is 1. The molecule has 3 aliphatic rings. The summed E-state index contributed by atoms with van der Waals surface area (Å²) in [6, 6.07) is 1.62. The molecular weight excluding hydrogens is 538 g/mol. The zero-order chi connectivity index (χ0) is 26.8. The van der Waals surface area contributed by atoms with Crippen LogP contribution in [0.4, 0.5) is 14.5 Å². The first kappa shape index (κ1) is 25.5. The van der Waals surface area contributed by atoms with Gasteiger partial charge in [-0.3, -0.25) is 9.20 Å². The molecule has 1 amide bonds. The van der Waals surface area contributed by atoms with Gasteiger partial charge >= 0.3 is 0 Å². The maximum absolute atomic E-state index is 13.4. The maximum atomic E-state index is 13.4. The number of nitrogens with one attached hydrogen (secondary N) is 1. The number of alkyl halides is 2. The van der Waals surface area contributed by atoms with Gasteiger partial charge in [-0.05, 0) is 32.9 Å². The standard InChI is InChI=1S/C23H28F2N8O3S2/c1-23(3-4-23)29-38(35,36)15-9-16(31-5-7-32(8-6-31)22(34)14-11-30(2)12-14)17-10-26-19(33(17)13-15)21-28-27-20(37-21)18(24)25/h9-10,13-14,18,29H,3-8,11-12H2,1-2H3. The summed E-state index contributed by atoms with van der Waals surface area (Å²) in [6.45, 7) is 5.48. The van der Waals surface area contributed by atoms with E-state index in [4.69, 9.17) is 0 Å². The molecule has 5 heterocycles. The monoisotopic (exact) mass is 566 g/mol. The Morgan fingerprint density at radius 3 is 2.50 bits per heavy atom. The van der Waals surface area contributed by atoms with Gasteiger partial charge in [-0.15, -0.1) is 10.2 Å². The van der Waals surface area contributed by atoms with Crippen LogP contribution in [0.5, 0.6) is 0 Å². The largest absolute Gasteiger partial charge is 0.366 e. The quantitative estimate of drug-likeness (QED) is 0.461. The minimum absolute atomic E-state index is 0.0315. The third-order valence-electron chi connectivity index (χ3n) is 7.45. The van der Waals surface area contributed by atoms with E-state index in [2.05, 4.69) is 24.8 Å². The van der Waals surface area contributed by atoms with Gasteiger partial charge in [0.25, 0.3) is 6.43 Å². The predicted molar refractivity (Wildman–Crippen MR) is 137 cm³/mol. The first-order valence-electron chi connectivity index (χ1n) is 12.4. The number of rotatable bonds is 7. The summed E-state index contributed by atoms with van der Waals surface area (Å²) in [7, 11) is -1.89. The molecule has 0 unspecified atom stereocenters. The third-order valence-corrected chi connectivity index (χ3v) is 9.98. The molecule has 1 N–H and O–H groups in total. The van der Waals surface area contributed by atoms with Crippen LogP contribution in [-0.2, 0) is 14.8 Å². The number of amides is 1. The Hall–Kier alpha value is -2.75. The average Bonchev–Trinajstić information content (AvgIpc) is 3.24. The predicted octanol–water partition coefficient (Wildman–Crippen LogP) is 1.83. The number of nitrogens with zero attached hydrogens (tertiary/aromatic N) is 7. The number of hydrogen-bond donors (Lipinski definition) is 1. The second kappa shape index (κ2) is 9.17. The average molecular weight is 567 g/mol. The summed E-state index contributed by atoms with van der Waals surface area (Å²) in [4.78, 5) is 23.3. The summed E-state index contributed by atoms with van der Waals surface area (Å²) in [5.74, 6) is 0.427. The van der Waals surface area contributed by atoms with Gasteiger partial charge < -0.3 is 14.7 Å². The highest BCUT2D eigenvalue weighted by molar-refractivity contribution is 7.89. The lowest BCUT2D eigenvalue weighted by Gasteiger charge is -2.42. The molecule has 3 aromatic heterocycles. The third kappa shape index (κ3) is 4.65. The molecule has 1 aliphatic carbocycles. The maximum Gasteiger partial charge on any atom is 0.291 e. The first-order chi connectivity index (χ1) is 18.0. The number of anilines is 1. The second-order valence-corrected chi connectivity index (χ2v) is 13.2. The normalized spacial score (nSPS) is 20.3. The summed E-state index contributed by atoms with van der Waals surface area (Å²) < 4.78 is 57.4. The van der Waals surface area contributed by atoms with Crippen LogP contribution in [0.3, 0.4) is 0 Å². The topological polar surface area (TPSA) is 116 Å². The Balaban J connectivity index is 1.35. The molecule has 2 aliphatic heterocycles. The summed E-state index contributed by atoms with van der Waals surface area (Å²) in [5, 5.41) is 7.18. The number of piperazine rings is 1. The molecule has 0 radical (unpaired) electrons. The van der Waals surface area contributed by atoms with Crippen LogP contribution in [0.2, 0.25) is 0 Å². The molecule has 1 saturated carbocycles. The number of carbonyl (C=O) groups is 1. The fourth-order valence-corrected chi connectivity index (χ4v) is 7.15. The van der Waals surface area contributed by atoms with Crippen molar-refractivity contribution in [2.75, 3.05) is 51.2 Å². The highest BCUT2D eigenvalue weighted by atomic mass is 32.2. The molecule has 3 fully saturated rings. The van der Waals surface area contributed by atoms with Crippen LogP contribution < -0.4 is 9.62 Å². The number of halogens is 2. The lowest BCUT2D eigenvalue weighted by atomic mass is 9.99. The summed E-state index contributed by atoms with van der Waals surface area (Å²) >= 11 is 0.720. The molecule has 204 valence electrons. The Morgan fingerprint density at radius 1 is 1.18 bits per heavy atom. The Kier molecular flexibility index (Phi) is 6.16. The number of imidazole rings is 1. The van der Waals surface area contributed by atoms with E-state index in [1.165, 1.54) is 6.20 Å². The SMILES string of the molecule is CN1CC(C(=O)N2CCN(c3cc(S(=O)(=O)NC4(C)CC4)cn4c(-c5nnc(C(F)F)s5)ncc34)CC2)C1. The number of fused-ring (bicyclic) bond motifs is 1. The van der Waals surface area contributed by atoms with E-state index in [1.54, 1.807) is 16.7 Å². The van der Waals surface area contributed by atoms with Crippen LogP contribution in [0.25, 0.3) is 16.3 Å². The Bertz CT molecular complexity index is 1490. The van der Waals surface area contributed by atoms with E-state index < -0.39 is 27.0 Å². The minimum atomic E-state index is -3.88. The lowest BCUT2D eigenvalue weighted by Crippen LogP contribution is -2.57. The molecule has 0 bridgehead atoms. The molecule has 0 atom stereocenters. The molecule has 0 spiro atoms. The van der Waals surface area contributed by atoms with E-state index >= 15 is 0 Å². The van der Waals surface area contributed by atoms with Crippen molar-refractivity contribution in [2.24, 2.45) is 5.92 Å². The molecule has 3 aromatic rings. The number of likely N-dealkylation sites (tertiary alicyclic amines) is 1. The van der Waals surface area contributed by atoms with Crippen LogP contribution >= 0.6 is 11.3 Å². The Morgan fingerprint density at radius 2 is 1.89 bits per heavy atom. The van der Waals surface area contributed by atoms with Crippen molar-refractivity contribution >= 4 is 38.5 Å². The van der Waals surface area contributed by atoms with Crippen molar-refractivity contribution in [1.82, 2.24) is 34.1 Å². The van der Waals surface area contributed by atoms with Crippen molar-refractivity contribution in [3.8, 4) is 10.8 Å². The van der Waals surface area contributed by atoms with Crippen molar-refractivity contribution in [3.05, 3.63) is 23.5 Å². The fraction of sp³-hybridized carbons (Fsp3) is 0.565. The number of aromatic nitrogens is 4. The number of hydrogen-bond acceptors (Lipinski definition) is 9. The molecule has 6 rings (SSSR count). The number of carbonyl (C=O) groups excluding carboxylic acids is 1. The van der Waals surface area contributed by atoms with E-state index in [1.807, 2.05) is 23.8 Å². The van der Waals surface area contributed by atoms with E-state index in [9.17, 15) is 22.0 Å². The van der Waals surface area contributed by atoms with E-state index in [0.29, 0.717) is 37.4 Å². The second-order valence-electron chi connectivity index (χ2n) is 10.5. The molecule has 15 heteroatoms. The van der Waals surface area contributed by atoms with Crippen LogP contribution in [0.1, 0.15) is 31.2 Å². The summed E-state index contributed by atoms with van der Waals surface area (Å²) in [6.07, 6.45) is 1.78. The van der Waals surface area contributed by atoms with Gasteiger partial charge in [0.05, 0.1) is 23.3 Å². The fourth-order valence-electron chi connectivity index (χ4n) is 4.98. The smallest absolute Gasteiger partial charge is 0.291 e. The number of pyridine rings is 1. The van der Waals surface area contributed by atoms with E-state index in [0.717, 1.165) is 37.3 Å². The van der Waals surface area contributed by atoms with Gasteiger partial charge in [0.1, 0.15) is 4.90 Å². The van der Waals surface area contributed by atoms with Gasteiger partial charge in [0.15, 0.2) is 15.8 Å². The van der Waals surface area contributed by atoms with Gasteiger partial charge in [-0.2, -0.15) is 0 Å². The van der Waals surface area contributed by atoms with Gasteiger partial charge in [-0.25, -0.2) is 26.9 Å². The van der Waals surface area contributed by atoms with Crippen molar-refractivity contribution < 1.29 is 22.0 Å². The van der Waals surface area contributed by atoms with Gasteiger partial charge in [0, 0.05) is 51.0 Å². The Labute approximate surface area is 222 Å². The molecule has 11 nitrogen and oxygen atoms in total. The van der Waals surface area contributed by atoms with Gasteiger partial charge in [0.2, 0.25) is 15.9 Å². The van der Waals surface area contributed by atoms with Crippen molar-refractivity contribution in [1.29, 1.82) is 0 Å². The minimum Gasteiger partial charge on any atom is -0.366 e. The summed E-state index contributed by atoms with van der Waals surface area (Å²) in [5.41, 5.74) is 0.783. The first-order valence-corrected chi connectivity index (χ1v) is 14.7. The van der Waals surface area contributed by atoms with E-state index in [-0.39, 0.29) is 27.6 Å². The van der Waals surface area contributed by atoms with Crippen LogP contribution in [-0.4, -0.2) is 95.6 Å². The van der Waals surface area contributed by atoms with Crippen LogP contribution in [0.15, 0.2) is 23.4 Å². The molecule has 0 aromatic carbocycles. The zero-order valence-corrected chi connectivity index (χ0v) is 22.6.